The molecule has 0 unspecified atom stereocenters. The third-order valence-electron chi connectivity index (χ3n) is 4.64. The Morgan fingerprint density at radius 1 is 0.769 bits per heavy atom. The quantitative estimate of drug-likeness (QED) is 0.531. The molecule has 0 aliphatic rings. The van der Waals surface area contributed by atoms with E-state index in [1.165, 1.54) is 16.7 Å². The minimum absolute atomic E-state index is 0.725. The third kappa shape index (κ3) is 3.16. The minimum Gasteiger partial charge on any atom is -0.364 e. The molecule has 0 saturated carbocycles. The van der Waals surface area contributed by atoms with Crippen LogP contribution in [-0.4, -0.2) is 10.2 Å². The van der Waals surface area contributed by atoms with E-state index >= 15 is 0 Å². The van der Waals surface area contributed by atoms with Gasteiger partial charge in [-0.25, -0.2) is 0 Å². The molecule has 3 aromatic carbocycles. The lowest BCUT2D eigenvalue weighted by atomic mass is 9.99. The maximum atomic E-state index is 4.58. The second kappa shape index (κ2) is 6.96. The number of nitrogens with one attached hydrogen (secondary N) is 1. The van der Waals surface area contributed by atoms with E-state index in [4.69, 9.17) is 0 Å². The molecular formula is C23H21N3. The summed E-state index contributed by atoms with van der Waals surface area (Å²) in [6, 6.07) is 25.1. The Morgan fingerprint density at radius 3 is 2.31 bits per heavy atom. The van der Waals surface area contributed by atoms with E-state index in [-0.39, 0.29) is 0 Å². The molecule has 0 fully saturated rings. The van der Waals surface area contributed by atoms with E-state index in [0.717, 1.165) is 34.4 Å². The fourth-order valence-electron chi connectivity index (χ4n) is 3.21. The Kier molecular flexibility index (Phi) is 4.36. The Hall–Kier alpha value is -3.20. The Bertz CT molecular complexity index is 1060. The number of hydrogen-bond donors (Lipinski definition) is 1. The molecule has 0 amide bonds. The zero-order valence-corrected chi connectivity index (χ0v) is 15.0. The van der Waals surface area contributed by atoms with E-state index in [9.17, 15) is 0 Å². The van der Waals surface area contributed by atoms with Crippen LogP contribution in [0.2, 0.25) is 0 Å². The molecule has 0 aliphatic heterocycles. The average molecular weight is 339 g/mol. The van der Waals surface area contributed by atoms with Crippen LogP contribution in [0.4, 0.5) is 5.82 Å². The summed E-state index contributed by atoms with van der Waals surface area (Å²) in [5, 5.41) is 14.7. The number of nitrogens with zero attached hydrogens (tertiary/aromatic N) is 2. The van der Waals surface area contributed by atoms with E-state index in [0.29, 0.717) is 0 Å². The Morgan fingerprint density at radius 2 is 1.50 bits per heavy atom. The summed E-state index contributed by atoms with van der Waals surface area (Å²) in [6.07, 6.45) is 0. The predicted octanol–water partition coefficient (Wildman–Crippen LogP) is 5.53. The zero-order valence-electron chi connectivity index (χ0n) is 15.0. The summed E-state index contributed by atoms with van der Waals surface area (Å²) in [4.78, 5) is 0. The van der Waals surface area contributed by atoms with E-state index in [1.807, 2.05) is 24.3 Å². The van der Waals surface area contributed by atoms with Crippen molar-refractivity contribution >= 4 is 16.6 Å². The molecule has 4 aromatic rings. The lowest BCUT2D eigenvalue weighted by Crippen LogP contribution is -2.04. The van der Waals surface area contributed by atoms with Crippen LogP contribution in [0, 0.1) is 13.8 Å². The molecule has 1 N–H and O–H groups in total. The summed E-state index contributed by atoms with van der Waals surface area (Å²) in [6.45, 7) is 4.95. The smallest absolute Gasteiger partial charge is 0.156 e. The molecule has 4 rings (SSSR count). The molecule has 0 radical (unpaired) electrons. The van der Waals surface area contributed by atoms with Crippen molar-refractivity contribution in [1.82, 2.24) is 10.2 Å². The molecule has 0 bridgehead atoms. The lowest BCUT2D eigenvalue weighted by molar-refractivity contribution is 1.02. The third-order valence-corrected chi connectivity index (χ3v) is 4.64. The van der Waals surface area contributed by atoms with E-state index in [2.05, 4.69) is 77.9 Å². The molecule has 0 saturated heterocycles. The summed E-state index contributed by atoms with van der Waals surface area (Å²) < 4.78 is 0. The van der Waals surface area contributed by atoms with Crippen LogP contribution in [0.1, 0.15) is 16.7 Å². The fraction of sp³-hybridized carbons (Fsp3) is 0.130. The molecular weight excluding hydrogens is 318 g/mol. The topological polar surface area (TPSA) is 37.8 Å². The highest BCUT2D eigenvalue weighted by Crippen LogP contribution is 2.32. The van der Waals surface area contributed by atoms with Crippen LogP contribution in [0.25, 0.3) is 22.0 Å². The van der Waals surface area contributed by atoms with Crippen molar-refractivity contribution in [3.63, 3.8) is 0 Å². The van der Waals surface area contributed by atoms with Crippen molar-refractivity contribution in [2.24, 2.45) is 0 Å². The molecule has 0 spiro atoms. The fourth-order valence-corrected chi connectivity index (χ4v) is 3.21. The first kappa shape index (κ1) is 16.3. The number of hydrogen-bond acceptors (Lipinski definition) is 3. The highest BCUT2D eigenvalue weighted by atomic mass is 15.2. The molecule has 1 heterocycles. The second-order valence-electron chi connectivity index (χ2n) is 6.60. The van der Waals surface area contributed by atoms with Gasteiger partial charge < -0.3 is 5.32 Å². The SMILES string of the molecule is Cc1ccc(C)c(-c2nnc(NCc3ccccc3)c3ccccc23)c1. The molecule has 128 valence electrons. The standard InChI is InChI=1S/C23H21N3/c1-16-12-13-17(2)21(14-16)22-19-10-6-7-11-20(19)23(26-25-22)24-15-18-8-4-3-5-9-18/h3-14H,15H2,1-2H3,(H,24,26). The van der Waals surface area contributed by atoms with Crippen molar-refractivity contribution < 1.29 is 0 Å². The molecule has 26 heavy (non-hydrogen) atoms. The average Bonchev–Trinajstić information content (AvgIpc) is 2.69. The van der Waals surface area contributed by atoms with Gasteiger partial charge in [0.05, 0.1) is 0 Å². The van der Waals surface area contributed by atoms with Gasteiger partial charge in [0.15, 0.2) is 5.82 Å². The van der Waals surface area contributed by atoms with Crippen LogP contribution in [0.3, 0.4) is 0 Å². The van der Waals surface area contributed by atoms with Crippen molar-refractivity contribution in [1.29, 1.82) is 0 Å². The number of anilines is 1. The van der Waals surface area contributed by atoms with Gasteiger partial charge >= 0.3 is 0 Å². The van der Waals surface area contributed by atoms with Gasteiger partial charge in [0.25, 0.3) is 0 Å². The number of aromatic nitrogens is 2. The van der Waals surface area contributed by atoms with Gasteiger partial charge in [0, 0.05) is 22.9 Å². The number of aryl methyl sites for hydroxylation is 2. The van der Waals surface area contributed by atoms with Gasteiger partial charge in [-0.1, -0.05) is 72.3 Å². The van der Waals surface area contributed by atoms with Crippen molar-refractivity contribution in [2.75, 3.05) is 5.32 Å². The highest BCUT2D eigenvalue weighted by Gasteiger charge is 2.12. The first-order chi connectivity index (χ1) is 12.7. The van der Waals surface area contributed by atoms with Gasteiger partial charge in [-0.2, -0.15) is 0 Å². The maximum Gasteiger partial charge on any atom is 0.156 e. The summed E-state index contributed by atoms with van der Waals surface area (Å²) in [7, 11) is 0. The first-order valence-electron chi connectivity index (χ1n) is 8.83. The molecule has 3 nitrogen and oxygen atoms in total. The number of fused-ring (bicyclic) bond motifs is 1. The van der Waals surface area contributed by atoms with Crippen LogP contribution < -0.4 is 5.32 Å². The van der Waals surface area contributed by atoms with Crippen LogP contribution in [-0.2, 0) is 6.54 Å². The monoisotopic (exact) mass is 339 g/mol. The van der Waals surface area contributed by atoms with Gasteiger partial charge in [-0.3, -0.25) is 0 Å². The van der Waals surface area contributed by atoms with Crippen LogP contribution in [0.15, 0.2) is 72.8 Å². The molecule has 1 aromatic heterocycles. The Labute approximate surface area is 153 Å². The number of rotatable bonds is 4. The largest absolute Gasteiger partial charge is 0.364 e. The van der Waals surface area contributed by atoms with E-state index in [1.54, 1.807) is 0 Å². The van der Waals surface area contributed by atoms with E-state index < -0.39 is 0 Å². The molecule has 3 heteroatoms. The van der Waals surface area contributed by atoms with Gasteiger partial charge in [-0.05, 0) is 31.0 Å². The Balaban J connectivity index is 1.77. The van der Waals surface area contributed by atoms with Crippen molar-refractivity contribution in [2.45, 2.75) is 20.4 Å². The summed E-state index contributed by atoms with van der Waals surface area (Å²) in [5.41, 5.74) is 5.73. The normalized spacial score (nSPS) is 10.8. The van der Waals surface area contributed by atoms with Crippen LogP contribution >= 0.6 is 0 Å². The van der Waals surface area contributed by atoms with Gasteiger partial charge in [0.1, 0.15) is 5.69 Å². The summed E-state index contributed by atoms with van der Waals surface area (Å²) >= 11 is 0. The number of benzene rings is 3. The summed E-state index contributed by atoms with van der Waals surface area (Å²) in [5.74, 6) is 0.818. The van der Waals surface area contributed by atoms with Crippen molar-refractivity contribution in [3.05, 3.63) is 89.5 Å². The zero-order chi connectivity index (χ0) is 17.9. The van der Waals surface area contributed by atoms with Gasteiger partial charge in [0.2, 0.25) is 0 Å². The first-order valence-corrected chi connectivity index (χ1v) is 8.83. The predicted molar refractivity (Wildman–Crippen MR) is 108 cm³/mol. The molecule has 0 atom stereocenters. The molecule has 0 aliphatic carbocycles. The lowest BCUT2D eigenvalue weighted by Gasteiger charge is -2.13. The maximum absolute atomic E-state index is 4.58. The second-order valence-corrected chi connectivity index (χ2v) is 6.60. The van der Waals surface area contributed by atoms with Crippen LogP contribution in [0.5, 0.6) is 0 Å². The van der Waals surface area contributed by atoms with Gasteiger partial charge in [-0.15, -0.1) is 10.2 Å². The highest BCUT2D eigenvalue weighted by molar-refractivity contribution is 6.00. The minimum atomic E-state index is 0.725. The van der Waals surface area contributed by atoms with Crippen molar-refractivity contribution in [3.8, 4) is 11.3 Å².